The minimum absolute atomic E-state index is 0.307. The highest BCUT2D eigenvalue weighted by Gasteiger charge is 2.13. The van der Waals surface area contributed by atoms with Crippen LogP contribution in [0.4, 0.5) is 0 Å². The molecule has 0 aliphatic carbocycles. The van der Waals surface area contributed by atoms with E-state index in [0.717, 1.165) is 18.5 Å². The van der Waals surface area contributed by atoms with Crippen LogP contribution in [0.15, 0.2) is 24.3 Å². The molecule has 0 spiro atoms. The molecule has 1 fully saturated rings. The van der Waals surface area contributed by atoms with Crippen molar-refractivity contribution in [3.05, 3.63) is 35.4 Å². The third-order valence-corrected chi connectivity index (χ3v) is 3.70. The van der Waals surface area contributed by atoms with Gasteiger partial charge in [0.1, 0.15) is 0 Å². The minimum atomic E-state index is -0.307. The first-order chi connectivity index (χ1) is 9.81. The average Bonchev–Trinajstić information content (AvgIpc) is 2.52. The second-order valence-corrected chi connectivity index (χ2v) is 5.14. The first kappa shape index (κ1) is 15.0. The van der Waals surface area contributed by atoms with E-state index >= 15 is 0 Å². The van der Waals surface area contributed by atoms with E-state index in [1.165, 1.54) is 26.4 Å². The number of hydrogen-bond acceptors (Lipinski definition) is 4. The summed E-state index contributed by atoms with van der Waals surface area (Å²) >= 11 is 0. The van der Waals surface area contributed by atoms with E-state index in [1.807, 2.05) is 18.2 Å². The van der Waals surface area contributed by atoms with Crippen LogP contribution in [0.1, 0.15) is 41.6 Å². The Bertz CT molecular complexity index is 427. The Kier molecular flexibility index (Phi) is 6.02. The van der Waals surface area contributed by atoms with Gasteiger partial charge >= 0.3 is 5.97 Å². The van der Waals surface area contributed by atoms with E-state index < -0.39 is 0 Å². The number of hydrogen-bond donors (Lipinski definition) is 1. The molecule has 0 bridgehead atoms. The summed E-state index contributed by atoms with van der Waals surface area (Å²) in [6, 6.07) is 8.01. The monoisotopic (exact) mass is 277 g/mol. The molecule has 1 aliphatic heterocycles. The van der Waals surface area contributed by atoms with E-state index in [-0.39, 0.29) is 5.97 Å². The fraction of sp³-hybridized carbons (Fsp3) is 0.562. The molecule has 0 saturated carbocycles. The topological polar surface area (TPSA) is 47.6 Å². The van der Waals surface area contributed by atoms with Crippen LogP contribution in [-0.2, 0) is 16.1 Å². The lowest BCUT2D eigenvalue weighted by Gasteiger charge is -2.23. The normalized spacial score (nSPS) is 18.8. The van der Waals surface area contributed by atoms with E-state index in [0.29, 0.717) is 24.8 Å². The van der Waals surface area contributed by atoms with Crippen LogP contribution < -0.4 is 5.32 Å². The summed E-state index contributed by atoms with van der Waals surface area (Å²) in [5.74, 6) is -0.307. The maximum absolute atomic E-state index is 11.6. The van der Waals surface area contributed by atoms with Gasteiger partial charge in [0.2, 0.25) is 0 Å². The Hall–Kier alpha value is -1.39. The van der Waals surface area contributed by atoms with Gasteiger partial charge in [-0.05, 0) is 37.4 Å². The van der Waals surface area contributed by atoms with Gasteiger partial charge < -0.3 is 14.8 Å². The number of carbonyl (C=O) groups excluding carboxylic acids is 1. The fourth-order valence-corrected chi connectivity index (χ4v) is 2.53. The van der Waals surface area contributed by atoms with Gasteiger partial charge in [-0.25, -0.2) is 4.79 Å². The average molecular weight is 277 g/mol. The van der Waals surface area contributed by atoms with Crippen LogP contribution in [-0.4, -0.2) is 32.3 Å². The molecule has 20 heavy (non-hydrogen) atoms. The molecule has 0 amide bonds. The van der Waals surface area contributed by atoms with Gasteiger partial charge in [0, 0.05) is 12.6 Å². The Morgan fingerprint density at radius 3 is 2.95 bits per heavy atom. The van der Waals surface area contributed by atoms with Gasteiger partial charge in [-0.15, -0.1) is 0 Å². The molecule has 0 aromatic heterocycles. The summed E-state index contributed by atoms with van der Waals surface area (Å²) < 4.78 is 10.5. The molecule has 0 radical (unpaired) electrons. The van der Waals surface area contributed by atoms with Crippen LogP contribution >= 0.6 is 0 Å². The summed E-state index contributed by atoms with van der Waals surface area (Å²) in [5.41, 5.74) is 1.47. The minimum Gasteiger partial charge on any atom is -0.465 e. The number of esters is 1. The zero-order valence-electron chi connectivity index (χ0n) is 12.1. The Morgan fingerprint density at radius 2 is 2.20 bits per heavy atom. The maximum Gasteiger partial charge on any atom is 0.338 e. The molecule has 2 rings (SSSR count). The standard InChI is InChI=1S/C16H23NO3/c1-19-16(18)15-8-3-2-6-13(15)12-20-11-9-14-7-4-5-10-17-14/h2-3,6,8,14,17H,4-5,7,9-12H2,1H3. The van der Waals surface area contributed by atoms with Crippen molar-refractivity contribution in [2.75, 3.05) is 20.3 Å². The summed E-state index contributed by atoms with van der Waals surface area (Å²) in [7, 11) is 1.40. The van der Waals surface area contributed by atoms with Crippen molar-refractivity contribution < 1.29 is 14.3 Å². The lowest BCUT2D eigenvalue weighted by molar-refractivity contribution is 0.0590. The molecule has 1 aliphatic rings. The first-order valence-electron chi connectivity index (χ1n) is 7.28. The first-order valence-corrected chi connectivity index (χ1v) is 7.28. The second-order valence-electron chi connectivity index (χ2n) is 5.14. The van der Waals surface area contributed by atoms with Crippen molar-refractivity contribution in [1.29, 1.82) is 0 Å². The van der Waals surface area contributed by atoms with Crippen LogP contribution in [0.3, 0.4) is 0 Å². The molecule has 1 heterocycles. The molecule has 1 unspecified atom stereocenters. The number of methoxy groups -OCH3 is 1. The largest absolute Gasteiger partial charge is 0.465 e. The quantitative estimate of drug-likeness (QED) is 0.641. The van der Waals surface area contributed by atoms with Crippen LogP contribution in [0.2, 0.25) is 0 Å². The molecule has 1 saturated heterocycles. The van der Waals surface area contributed by atoms with E-state index in [9.17, 15) is 4.79 Å². The summed E-state index contributed by atoms with van der Waals surface area (Å²) in [6.07, 6.45) is 4.86. The van der Waals surface area contributed by atoms with E-state index in [4.69, 9.17) is 9.47 Å². The van der Waals surface area contributed by atoms with Crippen molar-refractivity contribution in [3.8, 4) is 0 Å². The van der Waals surface area contributed by atoms with Crippen LogP contribution in [0.25, 0.3) is 0 Å². The summed E-state index contributed by atoms with van der Waals surface area (Å²) in [6.45, 7) is 2.29. The van der Waals surface area contributed by atoms with Crippen LogP contribution in [0, 0.1) is 0 Å². The van der Waals surface area contributed by atoms with Crippen molar-refractivity contribution in [3.63, 3.8) is 0 Å². The molecule has 1 aromatic rings. The number of piperidine rings is 1. The van der Waals surface area contributed by atoms with Crippen molar-refractivity contribution >= 4 is 5.97 Å². The summed E-state index contributed by atoms with van der Waals surface area (Å²) in [4.78, 5) is 11.6. The van der Waals surface area contributed by atoms with Crippen molar-refractivity contribution in [2.45, 2.75) is 38.3 Å². The zero-order valence-corrected chi connectivity index (χ0v) is 12.1. The smallest absolute Gasteiger partial charge is 0.338 e. The van der Waals surface area contributed by atoms with Gasteiger partial charge in [-0.1, -0.05) is 24.6 Å². The number of carbonyl (C=O) groups is 1. The number of ether oxygens (including phenoxy) is 2. The molecule has 1 atom stereocenters. The van der Waals surface area contributed by atoms with Gasteiger partial charge in [0.05, 0.1) is 19.3 Å². The SMILES string of the molecule is COC(=O)c1ccccc1COCCC1CCCCN1. The highest BCUT2D eigenvalue weighted by atomic mass is 16.5. The zero-order chi connectivity index (χ0) is 14.2. The lowest BCUT2D eigenvalue weighted by atomic mass is 10.0. The third-order valence-electron chi connectivity index (χ3n) is 3.70. The van der Waals surface area contributed by atoms with Gasteiger partial charge in [-0.3, -0.25) is 0 Å². The van der Waals surface area contributed by atoms with E-state index in [2.05, 4.69) is 5.32 Å². The molecular formula is C16H23NO3. The fourth-order valence-electron chi connectivity index (χ4n) is 2.53. The summed E-state index contributed by atoms with van der Waals surface area (Å²) in [5, 5.41) is 3.50. The predicted molar refractivity (Wildman–Crippen MR) is 77.7 cm³/mol. The van der Waals surface area contributed by atoms with Gasteiger partial charge in [-0.2, -0.15) is 0 Å². The Balaban J connectivity index is 1.77. The third kappa shape index (κ3) is 4.32. The number of benzene rings is 1. The maximum atomic E-state index is 11.6. The molecule has 1 N–H and O–H groups in total. The lowest BCUT2D eigenvalue weighted by Crippen LogP contribution is -2.34. The Labute approximate surface area is 120 Å². The van der Waals surface area contributed by atoms with Crippen molar-refractivity contribution in [1.82, 2.24) is 5.32 Å². The highest BCUT2D eigenvalue weighted by Crippen LogP contribution is 2.13. The Morgan fingerprint density at radius 1 is 1.35 bits per heavy atom. The van der Waals surface area contributed by atoms with Gasteiger partial charge in [0.15, 0.2) is 0 Å². The molecule has 110 valence electrons. The molecular weight excluding hydrogens is 254 g/mol. The van der Waals surface area contributed by atoms with Crippen LogP contribution in [0.5, 0.6) is 0 Å². The number of rotatable bonds is 6. The molecule has 4 heteroatoms. The number of nitrogens with one attached hydrogen (secondary N) is 1. The van der Waals surface area contributed by atoms with E-state index in [1.54, 1.807) is 6.07 Å². The van der Waals surface area contributed by atoms with Gasteiger partial charge in [0.25, 0.3) is 0 Å². The predicted octanol–water partition coefficient (Wildman–Crippen LogP) is 2.52. The molecule has 4 nitrogen and oxygen atoms in total. The van der Waals surface area contributed by atoms with Crippen molar-refractivity contribution in [2.24, 2.45) is 0 Å². The molecule has 1 aromatic carbocycles. The second kappa shape index (κ2) is 8.02. The highest BCUT2D eigenvalue weighted by molar-refractivity contribution is 5.90.